The van der Waals surface area contributed by atoms with Crippen molar-refractivity contribution in [1.82, 2.24) is 4.98 Å². The average Bonchev–Trinajstić information content (AvgIpc) is 2.43. The number of carbonyl (C=O) groups is 2. The fourth-order valence-electron chi connectivity index (χ4n) is 2.04. The molecular formula is C13H17N3O3. The van der Waals surface area contributed by atoms with Crippen LogP contribution in [-0.4, -0.2) is 36.9 Å². The topological polar surface area (TPSA) is 85.5 Å². The molecule has 6 nitrogen and oxygen atoms in total. The van der Waals surface area contributed by atoms with Crippen LogP contribution >= 0.6 is 0 Å². The molecule has 0 aromatic carbocycles. The van der Waals surface area contributed by atoms with Gasteiger partial charge in [-0.1, -0.05) is 0 Å². The number of primary amides is 1. The Morgan fingerprint density at radius 1 is 1.53 bits per heavy atom. The first kappa shape index (κ1) is 13.3. The monoisotopic (exact) mass is 263 g/mol. The third kappa shape index (κ3) is 3.21. The highest BCUT2D eigenvalue weighted by atomic mass is 16.5. The van der Waals surface area contributed by atoms with E-state index in [0.29, 0.717) is 24.3 Å². The third-order valence-corrected chi connectivity index (χ3v) is 3.04. The molecule has 1 aliphatic heterocycles. The number of amides is 1. The number of pyridine rings is 1. The van der Waals surface area contributed by atoms with Gasteiger partial charge in [-0.25, -0.2) is 4.98 Å². The SMILES string of the molecule is NC(=O)c1cnc2c(c1)OCCN2CCCCC=O. The Hall–Kier alpha value is -2.11. The maximum Gasteiger partial charge on any atom is 0.250 e. The lowest BCUT2D eigenvalue weighted by molar-refractivity contribution is -0.107. The van der Waals surface area contributed by atoms with E-state index in [-0.39, 0.29) is 0 Å². The lowest BCUT2D eigenvalue weighted by Crippen LogP contribution is -2.34. The maximum absolute atomic E-state index is 11.1. The summed E-state index contributed by atoms with van der Waals surface area (Å²) in [7, 11) is 0. The van der Waals surface area contributed by atoms with Gasteiger partial charge in [0.25, 0.3) is 0 Å². The van der Waals surface area contributed by atoms with Gasteiger partial charge in [0.2, 0.25) is 5.91 Å². The number of nitrogens with two attached hydrogens (primary N) is 1. The van der Waals surface area contributed by atoms with E-state index in [2.05, 4.69) is 9.88 Å². The van der Waals surface area contributed by atoms with Gasteiger partial charge in [0.05, 0.1) is 12.1 Å². The first-order valence-corrected chi connectivity index (χ1v) is 6.33. The molecule has 2 heterocycles. The first-order valence-electron chi connectivity index (χ1n) is 6.33. The first-order chi connectivity index (χ1) is 9.22. The van der Waals surface area contributed by atoms with Crippen molar-refractivity contribution in [1.29, 1.82) is 0 Å². The molecule has 19 heavy (non-hydrogen) atoms. The molecule has 1 aromatic rings. The Balaban J connectivity index is 2.06. The number of rotatable bonds is 6. The van der Waals surface area contributed by atoms with Crippen LogP contribution in [-0.2, 0) is 4.79 Å². The summed E-state index contributed by atoms with van der Waals surface area (Å²) < 4.78 is 5.50. The van der Waals surface area contributed by atoms with Gasteiger partial charge in [0.15, 0.2) is 11.6 Å². The summed E-state index contributed by atoms with van der Waals surface area (Å²) in [6.07, 6.45) is 4.79. The number of aldehydes is 1. The van der Waals surface area contributed by atoms with E-state index in [1.54, 1.807) is 6.07 Å². The minimum absolute atomic E-state index is 0.349. The minimum atomic E-state index is -0.512. The van der Waals surface area contributed by atoms with Crippen LogP contribution < -0.4 is 15.4 Å². The summed E-state index contributed by atoms with van der Waals surface area (Å²) in [6, 6.07) is 1.63. The number of fused-ring (bicyclic) bond motifs is 1. The highest BCUT2D eigenvalue weighted by Gasteiger charge is 2.20. The normalized spacial score (nSPS) is 13.6. The van der Waals surface area contributed by atoms with Crippen molar-refractivity contribution in [2.24, 2.45) is 5.73 Å². The van der Waals surface area contributed by atoms with Crippen LogP contribution in [0.5, 0.6) is 5.75 Å². The van der Waals surface area contributed by atoms with E-state index >= 15 is 0 Å². The van der Waals surface area contributed by atoms with Crippen LogP contribution in [0, 0.1) is 0 Å². The van der Waals surface area contributed by atoms with Crippen LogP contribution in [0.15, 0.2) is 12.3 Å². The summed E-state index contributed by atoms with van der Waals surface area (Å²) >= 11 is 0. The second-order valence-electron chi connectivity index (χ2n) is 4.41. The molecule has 0 aliphatic carbocycles. The van der Waals surface area contributed by atoms with E-state index in [9.17, 15) is 9.59 Å². The summed E-state index contributed by atoms with van der Waals surface area (Å²) in [5, 5.41) is 0. The van der Waals surface area contributed by atoms with E-state index in [0.717, 1.165) is 38.0 Å². The standard InChI is InChI=1S/C13H17N3O3/c14-12(18)10-8-11-13(15-9-10)16(5-7-19-11)4-2-1-3-6-17/h6,8-9H,1-5,7H2,(H2,14,18). The molecule has 0 radical (unpaired) electrons. The molecule has 0 spiro atoms. The number of hydrogen-bond acceptors (Lipinski definition) is 5. The van der Waals surface area contributed by atoms with Gasteiger partial charge in [-0.2, -0.15) is 0 Å². The fourth-order valence-corrected chi connectivity index (χ4v) is 2.04. The molecule has 0 saturated heterocycles. The van der Waals surface area contributed by atoms with E-state index in [1.807, 2.05) is 0 Å². The zero-order chi connectivity index (χ0) is 13.7. The number of unbranched alkanes of at least 4 members (excludes halogenated alkanes) is 2. The molecule has 1 aliphatic rings. The number of hydrogen-bond donors (Lipinski definition) is 1. The summed E-state index contributed by atoms with van der Waals surface area (Å²) in [6.45, 7) is 2.15. The Morgan fingerprint density at radius 2 is 2.37 bits per heavy atom. The van der Waals surface area contributed by atoms with Gasteiger partial charge >= 0.3 is 0 Å². The van der Waals surface area contributed by atoms with Crippen molar-refractivity contribution in [3.05, 3.63) is 17.8 Å². The third-order valence-electron chi connectivity index (χ3n) is 3.04. The van der Waals surface area contributed by atoms with Gasteiger partial charge in [0.1, 0.15) is 12.9 Å². The molecular weight excluding hydrogens is 246 g/mol. The van der Waals surface area contributed by atoms with Crippen LogP contribution in [0.3, 0.4) is 0 Å². The molecule has 2 N–H and O–H groups in total. The molecule has 0 bridgehead atoms. The van der Waals surface area contributed by atoms with Gasteiger partial charge in [-0.05, 0) is 18.9 Å². The van der Waals surface area contributed by atoms with Gasteiger partial charge < -0.3 is 20.2 Å². The minimum Gasteiger partial charge on any atom is -0.488 e. The van der Waals surface area contributed by atoms with Crippen LogP contribution in [0.25, 0.3) is 0 Å². The van der Waals surface area contributed by atoms with E-state index < -0.39 is 5.91 Å². The molecule has 0 fully saturated rings. The van der Waals surface area contributed by atoms with Crippen LogP contribution in [0.1, 0.15) is 29.6 Å². The van der Waals surface area contributed by atoms with E-state index in [4.69, 9.17) is 10.5 Å². The molecule has 2 rings (SSSR count). The molecule has 1 aromatic heterocycles. The summed E-state index contributed by atoms with van der Waals surface area (Å²) in [5.41, 5.74) is 5.56. The predicted molar refractivity (Wildman–Crippen MR) is 70.4 cm³/mol. The number of ether oxygens (including phenoxy) is 1. The number of nitrogens with zero attached hydrogens (tertiary/aromatic N) is 2. The Bertz CT molecular complexity index is 476. The number of carbonyl (C=O) groups excluding carboxylic acids is 2. The van der Waals surface area contributed by atoms with Crippen molar-refractivity contribution in [2.45, 2.75) is 19.3 Å². The summed E-state index contributed by atoms with van der Waals surface area (Å²) in [5.74, 6) is 0.822. The van der Waals surface area contributed by atoms with Crippen molar-refractivity contribution in [3.63, 3.8) is 0 Å². The van der Waals surface area contributed by atoms with Crippen LogP contribution in [0.4, 0.5) is 5.82 Å². The van der Waals surface area contributed by atoms with Gasteiger partial charge in [-0.3, -0.25) is 4.79 Å². The second kappa shape index (κ2) is 6.17. The Morgan fingerprint density at radius 3 is 3.11 bits per heavy atom. The molecule has 0 saturated carbocycles. The highest BCUT2D eigenvalue weighted by Crippen LogP contribution is 2.29. The van der Waals surface area contributed by atoms with E-state index in [1.165, 1.54) is 6.20 Å². The van der Waals surface area contributed by atoms with Crippen molar-refractivity contribution < 1.29 is 14.3 Å². The molecule has 0 atom stereocenters. The number of aromatic nitrogens is 1. The molecule has 6 heteroatoms. The lowest BCUT2D eigenvalue weighted by Gasteiger charge is -2.30. The van der Waals surface area contributed by atoms with Gasteiger partial charge in [0, 0.05) is 19.2 Å². The lowest BCUT2D eigenvalue weighted by atomic mass is 10.2. The second-order valence-corrected chi connectivity index (χ2v) is 4.41. The van der Waals surface area contributed by atoms with Gasteiger partial charge in [-0.15, -0.1) is 0 Å². The molecule has 1 amide bonds. The quantitative estimate of drug-likeness (QED) is 0.604. The summed E-state index contributed by atoms with van der Waals surface area (Å²) in [4.78, 5) is 27.7. The molecule has 102 valence electrons. The zero-order valence-electron chi connectivity index (χ0n) is 10.7. The fraction of sp³-hybridized carbons (Fsp3) is 0.462. The maximum atomic E-state index is 11.1. The predicted octanol–water partition coefficient (Wildman–Crippen LogP) is 0.748. The molecule has 0 unspecified atom stereocenters. The van der Waals surface area contributed by atoms with Crippen LogP contribution in [0.2, 0.25) is 0 Å². The average molecular weight is 263 g/mol. The zero-order valence-corrected chi connectivity index (χ0v) is 10.7. The smallest absolute Gasteiger partial charge is 0.250 e. The highest BCUT2D eigenvalue weighted by molar-refractivity contribution is 5.93. The Labute approximate surface area is 111 Å². The van der Waals surface area contributed by atoms with Crippen molar-refractivity contribution >= 4 is 18.0 Å². The largest absolute Gasteiger partial charge is 0.488 e. The Kier molecular flexibility index (Phi) is 4.33. The van der Waals surface area contributed by atoms with Crippen molar-refractivity contribution in [2.75, 3.05) is 24.6 Å². The number of anilines is 1. The van der Waals surface area contributed by atoms with Crippen molar-refractivity contribution in [3.8, 4) is 5.75 Å².